The average molecular weight is 356 g/mol. The van der Waals surface area contributed by atoms with Gasteiger partial charge in [0.2, 0.25) is 5.91 Å². The van der Waals surface area contributed by atoms with Crippen molar-refractivity contribution >= 4 is 23.2 Å². The molecule has 2 aliphatic rings. The van der Waals surface area contributed by atoms with Crippen LogP contribution in [0.2, 0.25) is 5.02 Å². The molecule has 3 heterocycles. The minimum Gasteiger partial charge on any atom is -0.366 e. The molecule has 1 amide bonds. The second-order valence-corrected chi connectivity index (χ2v) is 7.28. The van der Waals surface area contributed by atoms with Gasteiger partial charge in [-0.05, 0) is 36.1 Å². The first-order chi connectivity index (χ1) is 12.2. The minimum absolute atomic E-state index is 0.312. The van der Waals surface area contributed by atoms with E-state index in [9.17, 15) is 4.79 Å². The van der Waals surface area contributed by atoms with Crippen LogP contribution in [0.4, 0.5) is 5.69 Å². The molecule has 1 saturated heterocycles. The van der Waals surface area contributed by atoms with Gasteiger partial charge >= 0.3 is 0 Å². The number of pyridine rings is 1. The molecule has 1 unspecified atom stereocenters. The number of carbonyl (C=O) groups is 1. The lowest BCUT2D eigenvalue weighted by molar-refractivity contribution is -0.127. The number of rotatable bonds is 5. The maximum absolute atomic E-state index is 11.9. The Morgan fingerprint density at radius 2 is 2.08 bits per heavy atom. The van der Waals surface area contributed by atoms with Gasteiger partial charge in [0.15, 0.2) is 0 Å². The van der Waals surface area contributed by atoms with Gasteiger partial charge in [0, 0.05) is 56.6 Å². The molecule has 5 heteroatoms. The Kier molecular flexibility index (Phi) is 4.62. The quantitative estimate of drug-likeness (QED) is 0.817. The highest BCUT2D eigenvalue weighted by atomic mass is 35.5. The van der Waals surface area contributed by atoms with Crippen LogP contribution < -0.4 is 4.90 Å². The summed E-state index contributed by atoms with van der Waals surface area (Å²) in [5, 5.41) is 0.714. The minimum atomic E-state index is 0.312. The van der Waals surface area contributed by atoms with Crippen molar-refractivity contribution in [2.24, 2.45) is 0 Å². The van der Waals surface area contributed by atoms with Crippen molar-refractivity contribution in [1.82, 2.24) is 9.88 Å². The molecule has 4 rings (SSSR count). The van der Waals surface area contributed by atoms with Crippen LogP contribution in [0, 0.1) is 0 Å². The Balaban J connectivity index is 1.49. The highest BCUT2D eigenvalue weighted by molar-refractivity contribution is 6.31. The molecule has 0 spiro atoms. The third-order valence-electron chi connectivity index (χ3n) is 5.29. The van der Waals surface area contributed by atoms with Crippen molar-refractivity contribution in [3.8, 4) is 0 Å². The van der Waals surface area contributed by atoms with E-state index in [0.717, 1.165) is 44.6 Å². The number of aromatic nitrogens is 1. The fraction of sp³-hybridized carbons (Fsp3) is 0.400. The van der Waals surface area contributed by atoms with E-state index >= 15 is 0 Å². The summed E-state index contributed by atoms with van der Waals surface area (Å²) in [6.07, 6.45) is 6.24. The monoisotopic (exact) mass is 355 g/mol. The number of nitrogens with zero attached hydrogens (tertiary/aromatic N) is 3. The molecule has 2 aliphatic heterocycles. The van der Waals surface area contributed by atoms with Crippen LogP contribution in [0.15, 0.2) is 42.7 Å². The molecule has 0 bridgehead atoms. The molecule has 1 aromatic heterocycles. The van der Waals surface area contributed by atoms with Gasteiger partial charge in [0.1, 0.15) is 0 Å². The van der Waals surface area contributed by atoms with Crippen molar-refractivity contribution in [2.75, 3.05) is 24.5 Å². The normalized spacial score (nSPS) is 19.6. The highest BCUT2D eigenvalue weighted by Gasteiger charge is 2.30. The van der Waals surface area contributed by atoms with Gasteiger partial charge in [-0.25, -0.2) is 0 Å². The van der Waals surface area contributed by atoms with Gasteiger partial charge in [-0.1, -0.05) is 29.8 Å². The second kappa shape index (κ2) is 7.04. The molecule has 1 fully saturated rings. The Labute approximate surface area is 153 Å². The van der Waals surface area contributed by atoms with Crippen molar-refractivity contribution in [3.05, 3.63) is 58.9 Å². The van der Waals surface area contributed by atoms with Crippen LogP contribution in [0.3, 0.4) is 0 Å². The molecule has 0 radical (unpaired) electrons. The third kappa shape index (κ3) is 3.36. The van der Waals surface area contributed by atoms with E-state index in [2.05, 4.69) is 34.1 Å². The molecule has 1 atom stereocenters. The molecular formula is C20H22ClN3O. The Bertz CT molecular complexity index is 779. The summed E-state index contributed by atoms with van der Waals surface area (Å²) in [7, 11) is 0. The van der Waals surface area contributed by atoms with Gasteiger partial charge in [0.05, 0.1) is 5.02 Å². The summed E-state index contributed by atoms with van der Waals surface area (Å²) < 4.78 is 0. The Hall–Kier alpha value is -2.07. The first-order valence-corrected chi connectivity index (χ1v) is 9.30. The molecule has 1 aromatic carbocycles. The van der Waals surface area contributed by atoms with E-state index < -0.39 is 0 Å². The zero-order chi connectivity index (χ0) is 17.2. The number of halogens is 1. The standard InChI is InChI=1S/C20H22ClN3O/c21-18-12-22-9-7-16(18)14-24-13-15(17-4-1-2-5-19(17)24)8-11-23-10-3-6-20(23)25/h1-2,4-5,7,9,12,15H,3,6,8,10-11,13-14H2. The second-order valence-electron chi connectivity index (χ2n) is 6.88. The van der Waals surface area contributed by atoms with Crippen molar-refractivity contribution in [1.29, 1.82) is 0 Å². The van der Waals surface area contributed by atoms with Crippen molar-refractivity contribution in [3.63, 3.8) is 0 Å². The lowest BCUT2D eigenvalue weighted by Crippen LogP contribution is -2.28. The molecule has 2 aromatic rings. The van der Waals surface area contributed by atoms with Crippen molar-refractivity contribution < 1.29 is 4.79 Å². The summed E-state index contributed by atoms with van der Waals surface area (Å²) in [5.74, 6) is 0.775. The molecule has 0 aliphatic carbocycles. The fourth-order valence-electron chi connectivity index (χ4n) is 3.97. The number of benzene rings is 1. The van der Waals surface area contributed by atoms with E-state index in [1.807, 2.05) is 11.0 Å². The van der Waals surface area contributed by atoms with Gasteiger partial charge < -0.3 is 9.80 Å². The summed E-state index contributed by atoms with van der Waals surface area (Å²) in [6.45, 7) is 3.54. The Morgan fingerprint density at radius 3 is 2.88 bits per heavy atom. The highest BCUT2D eigenvalue weighted by Crippen LogP contribution is 2.39. The first-order valence-electron chi connectivity index (χ1n) is 8.92. The SMILES string of the molecule is O=C1CCCN1CCC1CN(Cc2ccncc2Cl)c2ccccc21. The molecule has 0 saturated carbocycles. The first kappa shape index (κ1) is 16.4. The topological polar surface area (TPSA) is 36.4 Å². The number of hydrogen-bond donors (Lipinski definition) is 0. The van der Waals surface area contributed by atoms with E-state index in [-0.39, 0.29) is 0 Å². The predicted octanol–water partition coefficient (Wildman–Crippen LogP) is 3.85. The lowest BCUT2D eigenvalue weighted by atomic mass is 9.98. The molecular weight excluding hydrogens is 334 g/mol. The largest absolute Gasteiger partial charge is 0.366 e. The zero-order valence-electron chi connectivity index (χ0n) is 14.2. The number of para-hydroxylation sites is 1. The van der Waals surface area contributed by atoms with Gasteiger partial charge in [-0.15, -0.1) is 0 Å². The van der Waals surface area contributed by atoms with E-state index in [4.69, 9.17) is 11.6 Å². The maximum atomic E-state index is 11.9. The molecule has 130 valence electrons. The number of hydrogen-bond acceptors (Lipinski definition) is 3. The molecule has 0 N–H and O–H groups in total. The smallest absolute Gasteiger partial charge is 0.222 e. The third-order valence-corrected chi connectivity index (χ3v) is 5.63. The summed E-state index contributed by atoms with van der Waals surface area (Å²) >= 11 is 6.30. The van der Waals surface area contributed by atoms with Gasteiger partial charge in [0.25, 0.3) is 0 Å². The number of anilines is 1. The summed E-state index contributed by atoms with van der Waals surface area (Å²) in [4.78, 5) is 20.3. The van der Waals surface area contributed by atoms with E-state index in [0.29, 0.717) is 23.3 Å². The van der Waals surface area contributed by atoms with Crippen molar-refractivity contribution in [2.45, 2.75) is 31.7 Å². The summed E-state index contributed by atoms with van der Waals surface area (Å²) in [5.41, 5.74) is 3.77. The molecule has 25 heavy (non-hydrogen) atoms. The van der Waals surface area contributed by atoms with Crippen LogP contribution in [-0.2, 0) is 11.3 Å². The van der Waals surface area contributed by atoms with Gasteiger partial charge in [-0.3, -0.25) is 9.78 Å². The Morgan fingerprint density at radius 1 is 1.20 bits per heavy atom. The van der Waals surface area contributed by atoms with Crippen LogP contribution in [0.1, 0.15) is 36.3 Å². The van der Waals surface area contributed by atoms with Crippen LogP contribution in [-0.4, -0.2) is 35.4 Å². The fourth-order valence-corrected chi connectivity index (χ4v) is 4.15. The van der Waals surface area contributed by atoms with Gasteiger partial charge in [-0.2, -0.15) is 0 Å². The number of fused-ring (bicyclic) bond motifs is 1. The number of likely N-dealkylation sites (tertiary alicyclic amines) is 1. The summed E-state index contributed by atoms with van der Waals surface area (Å²) in [6, 6.07) is 10.6. The average Bonchev–Trinajstić information content (AvgIpc) is 3.19. The predicted molar refractivity (Wildman–Crippen MR) is 99.9 cm³/mol. The zero-order valence-corrected chi connectivity index (χ0v) is 15.0. The van der Waals surface area contributed by atoms with E-state index in [1.54, 1.807) is 12.4 Å². The van der Waals surface area contributed by atoms with Crippen LogP contribution in [0.5, 0.6) is 0 Å². The van der Waals surface area contributed by atoms with E-state index in [1.165, 1.54) is 11.3 Å². The number of carbonyl (C=O) groups excluding carboxylic acids is 1. The molecule has 4 nitrogen and oxygen atoms in total. The lowest BCUT2D eigenvalue weighted by Gasteiger charge is -2.21. The maximum Gasteiger partial charge on any atom is 0.222 e. The van der Waals surface area contributed by atoms with Crippen LogP contribution in [0.25, 0.3) is 0 Å². The number of amides is 1. The van der Waals surface area contributed by atoms with Crippen LogP contribution >= 0.6 is 11.6 Å².